The smallest absolute Gasteiger partial charge is 0.123 e. The highest BCUT2D eigenvalue weighted by atomic mass is 16.5. The van der Waals surface area contributed by atoms with E-state index in [1.54, 1.807) is 7.11 Å². The summed E-state index contributed by atoms with van der Waals surface area (Å²) in [7, 11) is 5.65. The maximum Gasteiger partial charge on any atom is 0.123 e. The summed E-state index contributed by atoms with van der Waals surface area (Å²) in [5, 5.41) is 3.13. The predicted octanol–water partition coefficient (Wildman–Crippen LogP) is 2.12. The lowest BCUT2D eigenvalue weighted by molar-refractivity contribution is 0.415. The lowest BCUT2D eigenvalue weighted by Gasteiger charge is -2.07. The number of rotatable bonds is 4. The monoisotopic (exact) mass is 245 g/mol. The van der Waals surface area contributed by atoms with Gasteiger partial charge in [-0.25, -0.2) is 4.98 Å². The van der Waals surface area contributed by atoms with Crippen LogP contribution < -0.4 is 10.1 Å². The van der Waals surface area contributed by atoms with Crippen molar-refractivity contribution in [2.24, 2.45) is 7.05 Å². The van der Waals surface area contributed by atoms with Crippen molar-refractivity contribution < 1.29 is 4.74 Å². The van der Waals surface area contributed by atoms with Gasteiger partial charge in [0.2, 0.25) is 0 Å². The fraction of sp³-hybridized carbons (Fsp3) is 0.357. The number of imidazole rings is 1. The number of aromatic nitrogens is 2. The Labute approximate surface area is 108 Å². The molecular formula is C14H19N3O. The van der Waals surface area contributed by atoms with Crippen LogP contribution in [0.2, 0.25) is 0 Å². The van der Waals surface area contributed by atoms with Gasteiger partial charge in [-0.2, -0.15) is 0 Å². The quantitative estimate of drug-likeness (QED) is 0.896. The average Bonchev–Trinajstić information content (AvgIpc) is 2.65. The Morgan fingerprint density at radius 1 is 1.28 bits per heavy atom. The first-order valence-corrected chi connectivity index (χ1v) is 5.98. The highest BCUT2D eigenvalue weighted by Gasteiger charge is 2.12. The first kappa shape index (κ1) is 12.6. The zero-order valence-corrected chi connectivity index (χ0v) is 11.3. The van der Waals surface area contributed by atoms with Crippen molar-refractivity contribution in [1.29, 1.82) is 0 Å². The van der Waals surface area contributed by atoms with Crippen LogP contribution in [-0.2, 0) is 13.6 Å². The fourth-order valence-electron chi connectivity index (χ4n) is 2.16. The number of benzene rings is 1. The largest absolute Gasteiger partial charge is 0.497 e. The Morgan fingerprint density at radius 2 is 1.94 bits per heavy atom. The van der Waals surface area contributed by atoms with Crippen LogP contribution in [0.1, 0.15) is 11.5 Å². The Balaban J connectivity index is 2.43. The molecule has 0 bridgehead atoms. The Morgan fingerprint density at radius 3 is 2.50 bits per heavy atom. The molecule has 0 aliphatic heterocycles. The van der Waals surface area contributed by atoms with E-state index in [4.69, 9.17) is 4.74 Å². The minimum Gasteiger partial charge on any atom is -0.497 e. The number of hydrogen-bond acceptors (Lipinski definition) is 3. The number of aryl methyl sites for hydroxylation is 1. The Hall–Kier alpha value is -1.81. The molecule has 0 fully saturated rings. The van der Waals surface area contributed by atoms with Crippen LogP contribution in [0.25, 0.3) is 11.3 Å². The molecule has 2 aromatic rings. The van der Waals surface area contributed by atoms with Crippen LogP contribution in [-0.4, -0.2) is 23.7 Å². The van der Waals surface area contributed by atoms with Crippen LogP contribution in [0, 0.1) is 6.92 Å². The molecule has 0 saturated carbocycles. The standard InChI is InChI=1S/C14H19N3O/c1-10-14(17(3)13(16-10)9-15-2)11-5-7-12(18-4)8-6-11/h5-8,15H,9H2,1-4H3. The van der Waals surface area contributed by atoms with E-state index in [0.29, 0.717) is 0 Å². The summed E-state index contributed by atoms with van der Waals surface area (Å²) in [5.74, 6) is 1.91. The summed E-state index contributed by atoms with van der Waals surface area (Å²) < 4.78 is 7.31. The first-order valence-electron chi connectivity index (χ1n) is 5.98. The molecule has 1 aromatic heterocycles. The second-order valence-corrected chi connectivity index (χ2v) is 4.28. The van der Waals surface area contributed by atoms with E-state index < -0.39 is 0 Å². The highest BCUT2D eigenvalue weighted by molar-refractivity contribution is 5.63. The molecule has 0 saturated heterocycles. The van der Waals surface area contributed by atoms with Gasteiger partial charge in [-0.05, 0) is 38.2 Å². The maximum absolute atomic E-state index is 5.18. The molecule has 0 aliphatic carbocycles. The zero-order chi connectivity index (χ0) is 13.1. The molecule has 1 N–H and O–H groups in total. The van der Waals surface area contributed by atoms with Gasteiger partial charge in [-0.15, -0.1) is 0 Å². The average molecular weight is 245 g/mol. The van der Waals surface area contributed by atoms with Crippen molar-refractivity contribution in [3.05, 3.63) is 35.8 Å². The summed E-state index contributed by atoms with van der Waals surface area (Å²) in [6.07, 6.45) is 0. The van der Waals surface area contributed by atoms with E-state index in [0.717, 1.165) is 35.1 Å². The van der Waals surface area contributed by atoms with E-state index in [1.165, 1.54) is 0 Å². The molecule has 96 valence electrons. The van der Waals surface area contributed by atoms with Gasteiger partial charge in [0, 0.05) is 12.6 Å². The number of hydrogen-bond donors (Lipinski definition) is 1. The second-order valence-electron chi connectivity index (χ2n) is 4.28. The van der Waals surface area contributed by atoms with Gasteiger partial charge < -0.3 is 14.6 Å². The van der Waals surface area contributed by atoms with Crippen LogP contribution in [0.4, 0.5) is 0 Å². The van der Waals surface area contributed by atoms with Gasteiger partial charge in [0.15, 0.2) is 0 Å². The lowest BCUT2D eigenvalue weighted by Crippen LogP contribution is -2.10. The summed E-state index contributed by atoms with van der Waals surface area (Å²) in [6, 6.07) is 8.07. The molecule has 4 heteroatoms. The van der Waals surface area contributed by atoms with Gasteiger partial charge in [0.25, 0.3) is 0 Å². The molecule has 0 aliphatic rings. The molecule has 0 unspecified atom stereocenters. The summed E-state index contributed by atoms with van der Waals surface area (Å²) in [4.78, 5) is 4.59. The van der Waals surface area contributed by atoms with Crippen LogP contribution >= 0.6 is 0 Å². The van der Waals surface area contributed by atoms with E-state index >= 15 is 0 Å². The molecule has 0 amide bonds. The van der Waals surface area contributed by atoms with Crippen molar-refractivity contribution in [2.45, 2.75) is 13.5 Å². The molecule has 0 atom stereocenters. The van der Waals surface area contributed by atoms with Crippen molar-refractivity contribution in [3.8, 4) is 17.0 Å². The van der Waals surface area contributed by atoms with Crippen molar-refractivity contribution in [2.75, 3.05) is 14.2 Å². The van der Waals surface area contributed by atoms with Crippen molar-refractivity contribution in [1.82, 2.24) is 14.9 Å². The van der Waals surface area contributed by atoms with Crippen LogP contribution in [0.3, 0.4) is 0 Å². The van der Waals surface area contributed by atoms with Crippen LogP contribution in [0.5, 0.6) is 5.75 Å². The van der Waals surface area contributed by atoms with E-state index in [-0.39, 0.29) is 0 Å². The third-order valence-electron chi connectivity index (χ3n) is 3.06. The van der Waals surface area contributed by atoms with Crippen molar-refractivity contribution in [3.63, 3.8) is 0 Å². The zero-order valence-electron chi connectivity index (χ0n) is 11.3. The first-order chi connectivity index (χ1) is 8.67. The van der Waals surface area contributed by atoms with E-state index in [2.05, 4.69) is 27.0 Å². The number of nitrogens with one attached hydrogen (secondary N) is 1. The molecule has 1 heterocycles. The van der Waals surface area contributed by atoms with Gasteiger partial charge in [0.1, 0.15) is 11.6 Å². The molecule has 18 heavy (non-hydrogen) atoms. The van der Waals surface area contributed by atoms with Gasteiger partial charge in [0.05, 0.1) is 25.0 Å². The molecule has 0 spiro atoms. The minimum atomic E-state index is 0.771. The highest BCUT2D eigenvalue weighted by Crippen LogP contribution is 2.25. The predicted molar refractivity (Wildman–Crippen MR) is 72.7 cm³/mol. The summed E-state index contributed by atoms with van der Waals surface area (Å²) in [5.41, 5.74) is 3.36. The van der Waals surface area contributed by atoms with E-state index in [9.17, 15) is 0 Å². The lowest BCUT2D eigenvalue weighted by atomic mass is 10.1. The van der Waals surface area contributed by atoms with Gasteiger partial charge in [-0.3, -0.25) is 0 Å². The Bertz CT molecular complexity index is 529. The van der Waals surface area contributed by atoms with Crippen molar-refractivity contribution >= 4 is 0 Å². The van der Waals surface area contributed by atoms with Gasteiger partial charge in [-0.1, -0.05) is 0 Å². The molecule has 0 radical (unpaired) electrons. The van der Waals surface area contributed by atoms with E-state index in [1.807, 2.05) is 33.2 Å². The molecule has 1 aromatic carbocycles. The molecule has 4 nitrogen and oxygen atoms in total. The Kier molecular flexibility index (Phi) is 3.67. The topological polar surface area (TPSA) is 39.1 Å². The molecule has 2 rings (SSSR count). The maximum atomic E-state index is 5.18. The third kappa shape index (κ3) is 2.24. The van der Waals surface area contributed by atoms with Crippen LogP contribution in [0.15, 0.2) is 24.3 Å². The molecular weight excluding hydrogens is 226 g/mol. The summed E-state index contributed by atoms with van der Waals surface area (Å²) >= 11 is 0. The normalized spacial score (nSPS) is 10.7. The second kappa shape index (κ2) is 5.23. The number of ether oxygens (including phenoxy) is 1. The number of methoxy groups -OCH3 is 1. The fourth-order valence-corrected chi connectivity index (χ4v) is 2.16. The summed E-state index contributed by atoms with van der Waals surface area (Å²) in [6.45, 7) is 2.81. The number of nitrogens with zero attached hydrogens (tertiary/aromatic N) is 2. The third-order valence-corrected chi connectivity index (χ3v) is 3.06. The minimum absolute atomic E-state index is 0.771. The SMILES string of the molecule is CNCc1nc(C)c(-c2ccc(OC)cc2)n1C. The van der Waals surface area contributed by atoms with Gasteiger partial charge >= 0.3 is 0 Å².